The van der Waals surface area contributed by atoms with Gasteiger partial charge in [0.1, 0.15) is 5.15 Å². The van der Waals surface area contributed by atoms with Gasteiger partial charge in [-0.1, -0.05) is 11.6 Å². The van der Waals surface area contributed by atoms with E-state index in [9.17, 15) is 4.79 Å². The van der Waals surface area contributed by atoms with Crippen molar-refractivity contribution in [2.75, 3.05) is 26.7 Å². The van der Waals surface area contributed by atoms with Crippen molar-refractivity contribution in [3.63, 3.8) is 0 Å². The van der Waals surface area contributed by atoms with Crippen LogP contribution in [0.5, 0.6) is 0 Å². The van der Waals surface area contributed by atoms with Crippen molar-refractivity contribution in [2.45, 2.75) is 19.4 Å². The third-order valence-corrected chi connectivity index (χ3v) is 3.80. The van der Waals surface area contributed by atoms with Crippen LogP contribution in [0.1, 0.15) is 24.2 Å². The molecule has 0 N–H and O–H groups in total. The summed E-state index contributed by atoms with van der Waals surface area (Å²) in [5.41, 5.74) is 0.605. The lowest BCUT2D eigenvalue weighted by Gasteiger charge is -2.45. The Hall–Kier alpha value is -1.13. The molecule has 0 unspecified atom stereocenters. The third-order valence-electron chi connectivity index (χ3n) is 3.58. The highest BCUT2D eigenvalue weighted by atomic mass is 35.5. The smallest absolute Gasteiger partial charge is 0.255 e. The molecule has 1 aliphatic heterocycles. The topological polar surface area (TPSA) is 36.4 Å². The van der Waals surface area contributed by atoms with Crippen LogP contribution in [0.2, 0.25) is 5.15 Å². The summed E-state index contributed by atoms with van der Waals surface area (Å²) < 4.78 is 0. The van der Waals surface area contributed by atoms with Crippen LogP contribution in [0.3, 0.4) is 0 Å². The van der Waals surface area contributed by atoms with Gasteiger partial charge in [-0.3, -0.25) is 9.69 Å². The maximum absolute atomic E-state index is 12.3. The fourth-order valence-electron chi connectivity index (χ4n) is 2.10. The molecule has 2 rings (SSSR count). The van der Waals surface area contributed by atoms with Crippen LogP contribution in [-0.4, -0.2) is 52.9 Å². The summed E-state index contributed by atoms with van der Waals surface area (Å²) in [6.45, 7) is 6.66. The Balaban J connectivity index is 2.13. The van der Waals surface area contributed by atoms with Gasteiger partial charge in [-0.05, 0) is 33.0 Å². The van der Waals surface area contributed by atoms with Gasteiger partial charge < -0.3 is 4.90 Å². The molecule has 1 aromatic rings. The molecule has 0 aliphatic carbocycles. The Kier molecular flexibility index (Phi) is 3.59. The van der Waals surface area contributed by atoms with Crippen LogP contribution in [0.4, 0.5) is 0 Å². The molecule has 0 saturated carbocycles. The van der Waals surface area contributed by atoms with E-state index in [2.05, 4.69) is 30.8 Å². The van der Waals surface area contributed by atoms with Crippen LogP contribution < -0.4 is 0 Å². The predicted octanol–water partition coefficient (Wildman–Crippen LogP) is 1.90. The second-order valence-corrected chi connectivity index (χ2v) is 5.72. The van der Waals surface area contributed by atoms with E-state index in [1.807, 2.05) is 4.90 Å². The normalized spacial score (nSPS) is 19.9. The molecule has 4 nitrogen and oxygen atoms in total. The second kappa shape index (κ2) is 4.86. The average molecular weight is 268 g/mol. The van der Waals surface area contributed by atoms with Crippen LogP contribution in [0, 0.1) is 0 Å². The van der Waals surface area contributed by atoms with Crippen molar-refractivity contribution in [1.82, 2.24) is 14.8 Å². The van der Waals surface area contributed by atoms with E-state index in [4.69, 9.17) is 11.6 Å². The number of carbonyl (C=O) groups excluding carboxylic acids is 1. The minimum absolute atomic E-state index is 0.00770. The molecule has 1 amide bonds. The quantitative estimate of drug-likeness (QED) is 0.730. The lowest BCUT2D eigenvalue weighted by Crippen LogP contribution is -2.58. The zero-order chi connectivity index (χ0) is 13.3. The molecule has 1 saturated heterocycles. The molecule has 1 aliphatic rings. The number of hydrogen-bond donors (Lipinski definition) is 0. The average Bonchev–Trinajstić information content (AvgIpc) is 2.33. The minimum atomic E-state index is 0.00770. The van der Waals surface area contributed by atoms with E-state index in [1.54, 1.807) is 12.1 Å². The van der Waals surface area contributed by atoms with E-state index in [0.717, 1.165) is 19.6 Å². The Morgan fingerprint density at radius 1 is 1.39 bits per heavy atom. The van der Waals surface area contributed by atoms with Gasteiger partial charge in [-0.15, -0.1) is 0 Å². The summed E-state index contributed by atoms with van der Waals surface area (Å²) in [5.74, 6) is 0.0281. The molecule has 0 atom stereocenters. The summed E-state index contributed by atoms with van der Waals surface area (Å²) in [6.07, 6.45) is 1.54. The number of hydrogen-bond acceptors (Lipinski definition) is 3. The fraction of sp³-hybridized carbons (Fsp3) is 0.538. The van der Waals surface area contributed by atoms with E-state index >= 15 is 0 Å². The number of nitrogens with zero attached hydrogens (tertiary/aromatic N) is 3. The van der Waals surface area contributed by atoms with Crippen LogP contribution in [-0.2, 0) is 0 Å². The SMILES string of the molecule is CN1CCN(C(=O)c2ccc(Cl)nc2)CC1(C)C. The number of pyridine rings is 1. The van der Waals surface area contributed by atoms with Gasteiger partial charge in [0.15, 0.2) is 0 Å². The van der Waals surface area contributed by atoms with Crippen molar-refractivity contribution < 1.29 is 4.79 Å². The predicted molar refractivity (Wildman–Crippen MR) is 71.9 cm³/mol. The first kappa shape index (κ1) is 13.3. The number of likely N-dealkylation sites (N-methyl/N-ethyl adjacent to an activating group) is 1. The minimum Gasteiger partial charge on any atom is -0.335 e. The summed E-state index contributed by atoms with van der Waals surface area (Å²) in [6, 6.07) is 3.37. The number of aromatic nitrogens is 1. The van der Waals surface area contributed by atoms with Gasteiger partial charge in [-0.2, -0.15) is 0 Å². The van der Waals surface area contributed by atoms with Crippen LogP contribution in [0.15, 0.2) is 18.3 Å². The number of halogens is 1. The molecule has 0 radical (unpaired) electrons. The molecule has 98 valence electrons. The number of rotatable bonds is 1. The fourth-order valence-corrected chi connectivity index (χ4v) is 2.21. The molecule has 1 fully saturated rings. The van der Waals surface area contributed by atoms with Crippen molar-refractivity contribution in [2.24, 2.45) is 0 Å². The summed E-state index contributed by atoms with van der Waals surface area (Å²) in [4.78, 5) is 20.4. The molecular weight excluding hydrogens is 250 g/mol. The maximum Gasteiger partial charge on any atom is 0.255 e. The summed E-state index contributed by atoms with van der Waals surface area (Å²) in [5, 5.41) is 0.408. The van der Waals surface area contributed by atoms with Crippen molar-refractivity contribution >= 4 is 17.5 Å². The summed E-state index contributed by atoms with van der Waals surface area (Å²) in [7, 11) is 2.09. The zero-order valence-electron chi connectivity index (χ0n) is 11.0. The molecule has 1 aromatic heterocycles. The zero-order valence-corrected chi connectivity index (χ0v) is 11.7. The number of carbonyl (C=O) groups is 1. The first-order valence-corrected chi connectivity index (χ1v) is 6.40. The van der Waals surface area contributed by atoms with Gasteiger partial charge >= 0.3 is 0 Å². The van der Waals surface area contributed by atoms with Gasteiger partial charge in [0.05, 0.1) is 5.56 Å². The lowest BCUT2D eigenvalue weighted by molar-refractivity contribution is 0.0311. The number of piperazine rings is 1. The largest absolute Gasteiger partial charge is 0.335 e. The Bertz CT molecular complexity index is 444. The molecule has 5 heteroatoms. The maximum atomic E-state index is 12.3. The first-order chi connectivity index (χ1) is 8.40. The van der Waals surface area contributed by atoms with E-state index < -0.39 is 0 Å². The first-order valence-electron chi connectivity index (χ1n) is 6.02. The highest BCUT2D eigenvalue weighted by Crippen LogP contribution is 2.20. The van der Waals surface area contributed by atoms with Crippen LogP contribution in [0.25, 0.3) is 0 Å². The monoisotopic (exact) mass is 267 g/mol. The molecule has 18 heavy (non-hydrogen) atoms. The second-order valence-electron chi connectivity index (χ2n) is 5.33. The van der Waals surface area contributed by atoms with E-state index in [1.165, 1.54) is 6.20 Å². The van der Waals surface area contributed by atoms with Crippen molar-refractivity contribution in [3.05, 3.63) is 29.0 Å². The summed E-state index contributed by atoms with van der Waals surface area (Å²) >= 11 is 5.72. The highest BCUT2D eigenvalue weighted by Gasteiger charge is 2.33. The molecular formula is C13H18ClN3O. The molecule has 2 heterocycles. The molecule has 0 aromatic carbocycles. The van der Waals surface area contributed by atoms with Crippen LogP contribution >= 0.6 is 11.6 Å². The molecule has 0 bridgehead atoms. The van der Waals surface area contributed by atoms with Crippen molar-refractivity contribution in [1.29, 1.82) is 0 Å². The Morgan fingerprint density at radius 2 is 2.11 bits per heavy atom. The number of amides is 1. The van der Waals surface area contributed by atoms with E-state index in [0.29, 0.717) is 10.7 Å². The Labute approximate surface area is 113 Å². The third kappa shape index (κ3) is 2.65. The van der Waals surface area contributed by atoms with Gasteiger partial charge in [0, 0.05) is 31.4 Å². The van der Waals surface area contributed by atoms with Gasteiger partial charge in [-0.25, -0.2) is 4.98 Å². The highest BCUT2D eigenvalue weighted by molar-refractivity contribution is 6.29. The molecule has 0 spiro atoms. The van der Waals surface area contributed by atoms with Gasteiger partial charge in [0.2, 0.25) is 0 Å². The Morgan fingerprint density at radius 3 is 2.67 bits per heavy atom. The van der Waals surface area contributed by atoms with E-state index in [-0.39, 0.29) is 11.4 Å². The lowest BCUT2D eigenvalue weighted by atomic mass is 9.99. The standard InChI is InChI=1S/C13H18ClN3O/c1-13(2)9-17(7-6-16(13)3)12(18)10-4-5-11(14)15-8-10/h4-5,8H,6-7,9H2,1-3H3. The van der Waals surface area contributed by atoms with Crippen molar-refractivity contribution in [3.8, 4) is 0 Å². The van der Waals surface area contributed by atoms with Gasteiger partial charge in [0.25, 0.3) is 5.91 Å².